The van der Waals surface area contributed by atoms with Crippen LogP contribution in [-0.4, -0.2) is 54.0 Å². The number of amides is 2. The summed E-state index contributed by atoms with van der Waals surface area (Å²) in [5, 5.41) is 25.6. The van der Waals surface area contributed by atoms with E-state index < -0.39 is 6.10 Å². The maximum absolute atomic E-state index is 12.4. The molecule has 2 N–H and O–H groups in total. The number of carbonyl (C=O) groups is 1. The summed E-state index contributed by atoms with van der Waals surface area (Å²) in [6.45, 7) is 8.30. The molecule has 2 aromatic rings. The second-order valence-electron chi connectivity index (χ2n) is 8.92. The molecule has 0 bridgehead atoms. The monoisotopic (exact) mass is 475 g/mol. The van der Waals surface area contributed by atoms with E-state index in [-0.39, 0.29) is 24.1 Å². The molecule has 0 aromatic heterocycles. The summed E-state index contributed by atoms with van der Waals surface area (Å²) < 4.78 is 5.69. The smallest absolute Gasteiger partial charge is 0.318 e. The highest BCUT2D eigenvalue weighted by molar-refractivity contribution is 5.94. The lowest BCUT2D eigenvalue weighted by molar-refractivity contribution is 0.0257. The van der Waals surface area contributed by atoms with Gasteiger partial charge in [-0.1, -0.05) is 23.4 Å². The van der Waals surface area contributed by atoms with Gasteiger partial charge in [0.1, 0.15) is 11.8 Å². The summed E-state index contributed by atoms with van der Waals surface area (Å²) >= 11 is 0. The number of nitriles is 1. The molecule has 2 aliphatic rings. The number of urea groups is 1. The molecule has 4 rings (SSSR count). The number of benzene rings is 2. The third-order valence-corrected chi connectivity index (χ3v) is 6.07. The molecular weight excluding hydrogens is 446 g/mol. The molecule has 1 aliphatic carbocycles. The number of nitrogens with one attached hydrogen (secondary N) is 1. The van der Waals surface area contributed by atoms with Crippen LogP contribution in [0.3, 0.4) is 0 Å². The van der Waals surface area contributed by atoms with E-state index in [1.807, 2.05) is 32.0 Å². The van der Waals surface area contributed by atoms with Gasteiger partial charge in [-0.2, -0.15) is 5.26 Å². The van der Waals surface area contributed by atoms with Gasteiger partial charge < -0.3 is 24.9 Å². The molecule has 35 heavy (non-hydrogen) atoms. The number of oxime groups is 1. The Labute approximate surface area is 204 Å². The predicted molar refractivity (Wildman–Crippen MR) is 131 cm³/mol. The van der Waals surface area contributed by atoms with E-state index in [0.717, 1.165) is 29.5 Å². The summed E-state index contributed by atoms with van der Waals surface area (Å²) in [7, 11) is 0. The number of rotatable bonds is 7. The number of hydrogen-bond acceptors (Lipinski definition) is 7. The largest absolute Gasteiger partial charge is 0.490 e. The Morgan fingerprint density at radius 3 is 2.83 bits per heavy atom. The first-order valence-electron chi connectivity index (χ1n) is 11.6. The van der Waals surface area contributed by atoms with Gasteiger partial charge in [0.15, 0.2) is 0 Å². The zero-order valence-electron chi connectivity index (χ0n) is 19.9. The summed E-state index contributed by atoms with van der Waals surface area (Å²) in [5.41, 5.74) is 4.25. The molecule has 1 fully saturated rings. The van der Waals surface area contributed by atoms with Gasteiger partial charge in [0.2, 0.25) is 0 Å². The fourth-order valence-electron chi connectivity index (χ4n) is 4.39. The Morgan fingerprint density at radius 1 is 1.34 bits per heavy atom. The maximum Gasteiger partial charge on any atom is 0.318 e. The summed E-state index contributed by atoms with van der Waals surface area (Å²) in [5.74, 6) is 0.753. The van der Waals surface area contributed by atoms with E-state index in [1.165, 1.54) is 0 Å². The van der Waals surface area contributed by atoms with Gasteiger partial charge in [-0.05, 0) is 61.6 Å². The molecule has 1 heterocycles. The van der Waals surface area contributed by atoms with E-state index in [2.05, 4.69) is 28.3 Å². The lowest BCUT2D eigenvalue weighted by Gasteiger charge is -2.36. The van der Waals surface area contributed by atoms with Crippen molar-refractivity contribution in [3.8, 4) is 11.8 Å². The second-order valence-corrected chi connectivity index (χ2v) is 8.92. The van der Waals surface area contributed by atoms with Gasteiger partial charge in [-0.25, -0.2) is 9.79 Å². The van der Waals surface area contributed by atoms with Crippen molar-refractivity contribution in [1.82, 2.24) is 10.2 Å². The molecule has 0 spiro atoms. The van der Waals surface area contributed by atoms with E-state index in [1.54, 1.807) is 23.1 Å². The highest BCUT2D eigenvalue weighted by atomic mass is 16.6. The number of hydrogen-bond donors (Lipinski definition) is 2. The number of aliphatic imine (C=N–C) groups is 1. The van der Waals surface area contributed by atoms with Crippen molar-refractivity contribution in [1.29, 1.82) is 5.26 Å². The van der Waals surface area contributed by atoms with Gasteiger partial charge in [-0.15, -0.1) is 0 Å². The number of likely N-dealkylation sites (tertiary alicyclic amines) is 1. The minimum absolute atomic E-state index is 0.0570. The Balaban J connectivity index is 1.52. The van der Waals surface area contributed by atoms with Crippen molar-refractivity contribution in [2.45, 2.75) is 51.5 Å². The van der Waals surface area contributed by atoms with Gasteiger partial charge in [-0.3, -0.25) is 0 Å². The number of aliphatic hydroxyl groups is 1. The molecule has 0 saturated carbocycles. The van der Waals surface area contributed by atoms with Crippen molar-refractivity contribution in [3.63, 3.8) is 0 Å². The van der Waals surface area contributed by atoms with Crippen LogP contribution in [-0.2, 0) is 17.8 Å². The first kappa shape index (κ1) is 24.2. The van der Waals surface area contributed by atoms with Crippen molar-refractivity contribution in [2.24, 2.45) is 10.1 Å². The standard InChI is InChI=1S/C26H29N5O4/c1-16(2)34-24-10-7-17(11-19(24)12-27)25(35-28-3)29-13-18-5-4-6-22-21(18)8-9-23(22)30-26(33)31-14-20(32)15-31/h4-7,10-11,16,20,23,32H,3,8-9,13-15H2,1-2H3,(H,30,33)/b29-25-. The van der Waals surface area contributed by atoms with Gasteiger partial charge in [0, 0.05) is 12.3 Å². The highest BCUT2D eigenvalue weighted by Crippen LogP contribution is 2.34. The lowest BCUT2D eigenvalue weighted by Crippen LogP contribution is -2.57. The van der Waals surface area contributed by atoms with Crippen molar-refractivity contribution >= 4 is 18.6 Å². The molecule has 1 aliphatic heterocycles. The molecule has 182 valence electrons. The average molecular weight is 476 g/mol. The van der Waals surface area contributed by atoms with Crippen LogP contribution < -0.4 is 10.1 Å². The van der Waals surface area contributed by atoms with Crippen molar-refractivity contribution in [3.05, 3.63) is 64.2 Å². The first-order valence-corrected chi connectivity index (χ1v) is 11.6. The fraction of sp³-hybridized carbons (Fsp3) is 0.385. The summed E-state index contributed by atoms with van der Waals surface area (Å²) in [6.07, 6.45) is 1.15. The normalized spacial score (nSPS) is 17.4. The quantitative estimate of drug-likeness (QED) is 0.362. The van der Waals surface area contributed by atoms with E-state index >= 15 is 0 Å². The number of β-amino-alcohol motifs (C(OH)–C–C–N with tert-alkyl or cyclic N) is 1. The molecule has 1 atom stereocenters. The Hall–Kier alpha value is -3.90. The SMILES string of the molecule is C=NO/C(=N\Cc1cccc2c1CCC2NC(=O)N1CC(O)C1)c1ccc(OC(C)C)c(C#N)c1. The van der Waals surface area contributed by atoms with E-state index in [0.29, 0.717) is 36.5 Å². The molecule has 1 saturated heterocycles. The third kappa shape index (κ3) is 5.44. The minimum atomic E-state index is -0.425. The van der Waals surface area contributed by atoms with E-state index in [4.69, 9.17) is 9.57 Å². The van der Waals surface area contributed by atoms with Crippen LogP contribution >= 0.6 is 0 Å². The predicted octanol–water partition coefficient (Wildman–Crippen LogP) is 3.30. The zero-order chi connectivity index (χ0) is 24.9. The highest BCUT2D eigenvalue weighted by Gasteiger charge is 2.32. The maximum atomic E-state index is 12.4. The molecule has 9 nitrogen and oxygen atoms in total. The van der Waals surface area contributed by atoms with Crippen LogP contribution in [0.25, 0.3) is 0 Å². The van der Waals surface area contributed by atoms with Gasteiger partial charge >= 0.3 is 6.03 Å². The van der Waals surface area contributed by atoms with E-state index in [9.17, 15) is 15.2 Å². The molecule has 2 aromatic carbocycles. The Kier molecular flexibility index (Phi) is 7.32. The molecule has 9 heteroatoms. The lowest BCUT2D eigenvalue weighted by atomic mass is 10.0. The summed E-state index contributed by atoms with van der Waals surface area (Å²) in [6, 6.07) is 13.1. The number of ether oxygens (including phenoxy) is 1. The van der Waals surface area contributed by atoms with Crippen LogP contribution in [0.2, 0.25) is 0 Å². The molecular formula is C26H29N5O4. The minimum Gasteiger partial charge on any atom is -0.490 e. The Morgan fingerprint density at radius 2 is 2.14 bits per heavy atom. The molecule has 0 radical (unpaired) electrons. The second kappa shape index (κ2) is 10.6. The van der Waals surface area contributed by atoms with Crippen LogP contribution in [0.15, 0.2) is 46.5 Å². The van der Waals surface area contributed by atoms with Crippen LogP contribution in [0, 0.1) is 11.3 Å². The van der Waals surface area contributed by atoms with Crippen molar-refractivity contribution < 1.29 is 19.5 Å². The number of aliphatic hydroxyl groups excluding tert-OH is 1. The number of fused-ring (bicyclic) bond motifs is 1. The first-order chi connectivity index (χ1) is 16.9. The van der Waals surface area contributed by atoms with Crippen LogP contribution in [0.5, 0.6) is 5.75 Å². The number of carbonyl (C=O) groups excluding carboxylic acids is 1. The number of nitrogens with zero attached hydrogens (tertiary/aromatic N) is 4. The van der Waals surface area contributed by atoms with Crippen LogP contribution in [0.1, 0.15) is 54.1 Å². The topological polar surface area (TPSA) is 120 Å². The van der Waals surface area contributed by atoms with Gasteiger partial charge in [0.05, 0.1) is 43.4 Å². The Bertz CT molecular complexity index is 1180. The molecule has 1 unspecified atom stereocenters. The van der Waals surface area contributed by atoms with Crippen molar-refractivity contribution in [2.75, 3.05) is 13.1 Å². The van der Waals surface area contributed by atoms with Gasteiger partial charge in [0.25, 0.3) is 5.90 Å². The third-order valence-electron chi connectivity index (χ3n) is 6.07. The van der Waals surface area contributed by atoms with Crippen LogP contribution in [0.4, 0.5) is 4.79 Å². The average Bonchev–Trinajstić information content (AvgIpc) is 3.23. The zero-order valence-corrected chi connectivity index (χ0v) is 19.9. The summed E-state index contributed by atoms with van der Waals surface area (Å²) in [4.78, 5) is 24.0. The molecule has 2 amide bonds. The fourth-order valence-corrected chi connectivity index (χ4v) is 4.39.